The Morgan fingerprint density at radius 2 is 2.11 bits per heavy atom. The number of carboxylic acids is 1. The van der Waals surface area contributed by atoms with Crippen molar-refractivity contribution in [3.8, 4) is 0 Å². The van der Waals surface area contributed by atoms with Crippen LogP contribution in [0, 0.1) is 13.8 Å². The first-order valence-electron chi connectivity index (χ1n) is 5.82. The van der Waals surface area contributed by atoms with E-state index in [1.54, 1.807) is 0 Å². The molecule has 0 radical (unpaired) electrons. The molecule has 19 heavy (non-hydrogen) atoms. The van der Waals surface area contributed by atoms with Crippen LogP contribution in [0.4, 0.5) is 0 Å². The minimum absolute atomic E-state index is 0.202. The molecular formula is C12H18N2O4S. The second kappa shape index (κ2) is 6.60. The molecular weight excluding hydrogens is 268 g/mol. The normalized spacial score (nSPS) is 12.2. The van der Waals surface area contributed by atoms with E-state index >= 15 is 0 Å². The zero-order valence-electron chi connectivity index (χ0n) is 11.5. The smallest absolute Gasteiger partial charge is 0.326 e. The summed E-state index contributed by atoms with van der Waals surface area (Å²) in [7, 11) is 1.50. The van der Waals surface area contributed by atoms with Gasteiger partial charge in [0.05, 0.1) is 11.4 Å². The molecule has 0 aliphatic carbocycles. The number of carboxylic acid groups (broad SMARTS) is 1. The van der Waals surface area contributed by atoms with E-state index in [2.05, 4.69) is 5.16 Å². The number of aromatic nitrogens is 1. The summed E-state index contributed by atoms with van der Waals surface area (Å²) < 4.78 is 5.03. The monoisotopic (exact) mass is 286 g/mol. The lowest BCUT2D eigenvalue weighted by atomic mass is 10.2. The second-order valence-electron chi connectivity index (χ2n) is 4.31. The van der Waals surface area contributed by atoms with E-state index in [1.807, 2.05) is 13.8 Å². The molecule has 0 aliphatic heterocycles. The van der Waals surface area contributed by atoms with E-state index in [0.29, 0.717) is 5.75 Å². The molecule has 106 valence electrons. The van der Waals surface area contributed by atoms with Crippen molar-refractivity contribution in [3.05, 3.63) is 17.0 Å². The predicted octanol–water partition coefficient (Wildman–Crippen LogP) is 1.46. The maximum Gasteiger partial charge on any atom is 0.326 e. The topological polar surface area (TPSA) is 83.6 Å². The number of carbonyl (C=O) groups is 2. The van der Waals surface area contributed by atoms with Crippen molar-refractivity contribution in [1.29, 1.82) is 0 Å². The quantitative estimate of drug-likeness (QED) is 0.852. The van der Waals surface area contributed by atoms with Gasteiger partial charge < -0.3 is 14.5 Å². The Hall–Kier alpha value is -1.50. The highest BCUT2D eigenvalue weighted by Gasteiger charge is 2.21. The molecule has 1 unspecified atom stereocenters. The van der Waals surface area contributed by atoms with Crippen LogP contribution in [-0.4, -0.2) is 45.9 Å². The fraction of sp³-hybridized carbons (Fsp3) is 0.583. The lowest BCUT2D eigenvalue weighted by Crippen LogP contribution is -2.41. The second-order valence-corrected chi connectivity index (χ2v) is 5.30. The van der Waals surface area contributed by atoms with Crippen LogP contribution in [0.1, 0.15) is 23.9 Å². The minimum Gasteiger partial charge on any atom is -0.480 e. The SMILES string of the molecule is Cc1noc(C)c1CSCC(=O)N(C)C(C)C(=O)O. The highest BCUT2D eigenvalue weighted by molar-refractivity contribution is 7.99. The van der Waals surface area contributed by atoms with E-state index in [1.165, 1.54) is 30.6 Å². The van der Waals surface area contributed by atoms with Crippen LogP contribution < -0.4 is 0 Å². The predicted molar refractivity (Wildman–Crippen MR) is 72.0 cm³/mol. The summed E-state index contributed by atoms with van der Waals surface area (Å²) in [6.45, 7) is 5.17. The summed E-state index contributed by atoms with van der Waals surface area (Å²) in [5, 5.41) is 12.7. The Bertz CT molecular complexity index is 453. The average Bonchev–Trinajstić information content (AvgIpc) is 2.68. The molecule has 1 rings (SSSR count). The van der Waals surface area contributed by atoms with Crippen LogP contribution >= 0.6 is 11.8 Å². The van der Waals surface area contributed by atoms with Gasteiger partial charge in [-0.3, -0.25) is 4.79 Å². The molecule has 0 bridgehead atoms. The number of likely N-dealkylation sites (N-methyl/N-ethyl adjacent to an activating group) is 1. The van der Waals surface area contributed by atoms with E-state index in [-0.39, 0.29) is 11.7 Å². The number of thioether (sulfide) groups is 1. The van der Waals surface area contributed by atoms with Gasteiger partial charge >= 0.3 is 5.97 Å². The fourth-order valence-corrected chi connectivity index (χ4v) is 2.53. The molecule has 1 atom stereocenters. The number of aryl methyl sites for hydroxylation is 2. The summed E-state index contributed by atoms with van der Waals surface area (Å²) in [5.41, 5.74) is 1.82. The molecule has 0 saturated heterocycles. The number of amides is 1. The third-order valence-electron chi connectivity index (χ3n) is 2.98. The molecule has 1 N–H and O–H groups in total. The van der Waals surface area contributed by atoms with E-state index in [0.717, 1.165) is 17.0 Å². The first-order valence-corrected chi connectivity index (χ1v) is 6.98. The largest absolute Gasteiger partial charge is 0.480 e. The Morgan fingerprint density at radius 3 is 2.58 bits per heavy atom. The van der Waals surface area contributed by atoms with Crippen LogP contribution in [0.5, 0.6) is 0 Å². The number of hydrogen-bond acceptors (Lipinski definition) is 5. The van der Waals surface area contributed by atoms with Crippen LogP contribution in [-0.2, 0) is 15.3 Å². The molecule has 1 aromatic rings. The molecule has 1 amide bonds. The van der Waals surface area contributed by atoms with E-state index in [4.69, 9.17) is 9.63 Å². The molecule has 1 aromatic heterocycles. The Kier molecular flexibility index (Phi) is 5.41. The minimum atomic E-state index is -1.01. The standard InChI is InChI=1S/C12H18N2O4S/c1-7-10(9(3)18-13-7)5-19-6-11(15)14(4)8(2)12(16)17/h8H,5-6H2,1-4H3,(H,16,17). The summed E-state index contributed by atoms with van der Waals surface area (Å²) >= 11 is 1.42. The van der Waals surface area contributed by atoms with Gasteiger partial charge in [-0.05, 0) is 20.8 Å². The number of nitrogens with zero attached hydrogens (tertiary/aromatic N) is 2. The molecule has 0 spiro atoms. The first kappa shape index (κ1) is 15.6. The van der Waals surface area contributed by atoms with Crippen LogP contribution in [0.25, 0.3) is 0 Å². The molecule has 6 nitrogen and oxygen atoms in total. The Balaban J connectivity index is 2.45. The molecule has 0 fully saturated rings. The average molecular weight is 286 g/mol. The van der Waals surface area contributed by atoms with Gasteiger partial charge in [0, 0.05) is 18.4 Å². The van der Waals surface area contributed by atoms with Gasteiger partial charge in [0.15, 0.2) is 0 Å². The highest BCUT2D eigenvalue weighted by Crippen LogP contribution is 2.19. The number of carbonyl (C=O) groups excluding carboxylic acids is 1. The summed E-state index contributed by atoms with van der Waals surface area (Å²) in [6, 6.07) is -0.813. The van der Waals surface area contributed by atoms with Crippen molar-refractivity contribution >= 4 is 23.6 Å². The van der Waals surface area contributed by atoms with Crippen molar-refractivity contribution in [2.45, 2.75) is 32.6 Å². The van der Waals surface area contributed by atoms with Gasteiger partial charge in [0.25, 0.3) is 0 Å². The van der Waals surface area contributed by atoms with Crippen LogP contribution in [0.15, 0.2) is 4.52 Å². The zero-order valence-corrected chi connectivity index (χ0v) is 12.3. The molecule has 0 aromatic carbocycles. The van der Waals surface area contributed by atoms with Gasteiger partial charge in [-0.2, -0.15) is 0 Å². The maximum atomic E-state index is 11.8. The number of aliphatic carboxylic acids is 1. The van der Waals surface area contributed by atoms with Crippen LogP contribution in [0.3, 0.4) is 0 Å². The molecule has 0 saturated carbocycles. The van der Waals surface area contributed by atoms with Crippen LogP contribution in [0.2, 0.25) is 0 Å². The van der Waals surface area contributed by atoms with Crippen molar-refractivity contribution in [2.24, 2.45) is 0 Å². The van der Waals surface area contributed by atoms with Gasteiger partial charge in [0.1, 0.15) is 11.8 Å². The Morgan fingerprint density at radius 1 is 1.47 bits per heavy atom. The van der Waals surface area contributed by atoms with Gasteiger partial charge in [-0.15, -0.1) is 11.8 Å². The fourth-order valence-electron chi connectivity index (χ4n) is 1.43. The maximum absolute atomic E-state index is 11.8. The van der Waals surface area contributed by atoms with Gasteiger partial charge in [-0.25, -0.2) is 4.79 Å². The lowest BCUT2D eigenvalue weighted by molar-refractivity contribution is -0.147. The highest BCUT2D eigenvalue weighted by atomic mass is 32.2. The number of hydrogen-bond donors (Lipinski definition) is 1. The van der Waals surface area contributed by atoms with Gasteiger partial charge in [0.2, 0.25) is 5.91 Å². The van der Waals surface area contributed by atoms with Crippen molar-refractivity contribution in [3.63, 3.8) is 0 Å². The van der Waals surface area contributed by atoms with E-state index < -0.39 is 12.0 Å². The molecule has 1 heterocycles. The Labute approximate surface area is 116 Å². The summed E-state index contributed by atoms with van der Waals surface area (Å²) in [5.74, 6) is 0.406. The van der Waals surface area contributed by atoms with Crippen molar-refractivity contribution < 1.29 is 19.2 Å². The first-order chi connectivity index (χ1) is 8.84. The lowest BCUT2D eigenvalue weighted by Gasteiger charge is -2.21. The molecule has 0 aliphatic rings. The summed E-state index contributed by atoms with van der Waals surface area (Å²) in [6.07, 6.45) is 0. The summed E-state index contributed by atoms with van der Waals surface area (Å²) in [4.78, 5) is 23.8. The third kappa shape index (κ3) is 3.99. The van der Waals surface area contributed by atoms with Gasteiger partial charge in [-0.1, -0.05) is 5.16 Å². The zero-order chi connectivity index (χ0) is 14.6. The van der Waals surface area contributed by atoms with Crippen molar-refractivity contribution in [1.82, 2.24) is 10.1 Å². The molecule has 7 heteroatoms. The van der Waals surface area contributed by atoms with Crippen molar-refractivity contribution in [2.75, 3.05) is 12.8 Å². The third-order valence-corrected chi connectivity index (χ3v) is 3.93. The van der Waals surface area contributed by atoms with E-state index in [9.17, 15) is 9.59 Å². The number of rotatable bonds is 6.